The third-order valence-corrected chi connectivity index (χ3v) is 5.69. The highest BCUT2D eigenvalue weighted by Gasteiger charge is 2.15. The standard InChI is InChI=1S/C20H23F2N4O5PS/c1-12(19(27)26-20(23)24)9-13-10-16(21)18(17(22)11-13)31-14-3-5-15(6-4-14)33-25-7-2-8-32(28,29)30/h3-6,9-11,25H,2,7-8H2,1H3,(H2,28,29,30)(H4,23,24,26,27)/b12-9+. The van der Waals surface area contributed by atoms with E-state index in [-0.39, 0.29) is 23.0 Å². The van der Waals surface area contributed by atoms with E-state index >= 15 is 0 Å². The number of carbonyl (C=O) groups is 1. The largest absolute Gasteiger partial charge is 0.451 e. The smallest absolute Gasteiger partial charge is 0.325 e. The van der Waals surface area contributed by atoms with Crippen molar-refractivity contribution in [2.45, 2.75) is 18.2 Å². The van der Waals surface area contributed by atoms with Gasteiger partial charge in [0, 0.05) is 17.0 Å². The van der Waals surface area contributed by atoms with Gasteiger partial charge < -0.3 is 26.0 Å². The van der Waals surface area contributed by atoms with Crippen molar-refractivity contribution in [3.8, 4) is 11.5 Å². The van der Waals surface area contributed by atoms with E-state index in [0.717, 1.165) is 17.0 Å². The van der Waals surface area contributed by atoms with Crippen LogP contribution in [-0.4, -0.2) is 34.4 Å². The molecule has 13 heteroatoms. The normalized spacial score (nSPS) is 11.8. The van der Waals surface area contributed by atoms with Gasteiger partial charge >= 0.3 is 7.60 Å². The SMILES string of the molecule is C/C(=C\c1cc(F)c(Oc2ccc(SNCCCP(=O)(O)O)cc2)c(F)c1)C(=O)N=C(N)N. The Kier molecular flexibility index (Phi) is 9.56. The second-order valence-electron chi connectivity index (χ2n) is 6.79. The van der Waals surface area contributed by atoms with Crippen molar-refractivity contribution in [1.82, 2.24) is 4.72 Å². The minimum Gasteiger partial charge on any atom is -0.451 e. The summed E-state index contributed by atoms with van der Waals surface area (Å²) in [5, 5.41) is 0. The van der Waals surface area contributed by atoms with Crippen molar-refractivity contribution >= 4 is 37.5 Å². The molecule has 0 atom stereocenters. The first-order valence-electron chi connectivity index (χ1n) is 9.48. The molecule has 0 heterocycles. The first-order valence-corrected chi connectivity index (χ1v) is 12.1. The van der Waals surface area contributed by atoms with E-state index in [4.69, 9.17) is 26.0 Å². The van der Waals surface area contributed by atoms with Crippen LogP contribution in [0.4, 0.5) is 8.78 Å². The molecule has 0 bridgehead atoms. The van der Waals surface area contributed by atoms with Gasteiger partial charge in [0.2, 0.25) is 0 Å². The van der Waals surface area contributed by atoms with Gasteiger partial charge in [-0.05, 0) is 73.3 Å². The van der Waals surface area contributed by atoms with E-state index in [1.807, 2.05) is 0 Å². The van der Waals surface area contributed by atoms with Gasteiger partial charge in [0.05, 0.1) is 6.16 Å². The summed E-state index contributed by atoms with van der Waals surface area (Å²) in [5.74, 6) is -3.49. The van der Waals surface area contributed by atoms with Crippen molar-refractivity contribution < 1.29 is 32.7 Å². The lowest BCUT2D eigenvalue weighted by Gasteiger charge is -2.10. The van der Waals surface area contributed by atoms with Crippen LogP contribution in [-0.2, 0) is 9.36 Å². The summed E-state index contributed by atoms with van der Waals surface area (Å²) in [6.07, 6.45) is 1.35. The monoisotopic (exact) mass is 500 g/mol. The molecular formula is C20H23F2N4O5PS. The molecule has 0 unspecified atom stereocenters. The number of hydrogen-bond donors (Lipinski definition) is 5. The highest BCUT2D eigenvalue weighted by atomic mass is 32.2. The van der Waals surface area contributed by atoms with Crippen LogP contribution in [0, 0.1) is 11.6 Å². The van der Waals surface area contributed by atoms with Crippen molar-refractivity contribution in [2.24, 2.45) is 16.5 Å². The van der Waals surface area contributed by atoms with Crippen molar-refractivity contribution in [3.63, 3.8) is 0 Å². The maximum Gasteiger partial charge on any atom is 0.325 e. The van der Waals surface area contributed by atoms with Gasteiger partial charge in [-0.2, -0.15) is 4.99 Å². The highest BCUT2D eigenvalue weighted by molar-refractivity contribution is 7.97. The Bertz CT molecular complexity index is 1080. The van der Waals surface area contributed by atoms with E-state index < -0.39 is 36.8 Å². The molecule has 0 radical (unpaired) electrons. The number of guanidine groups is 1. The first-order chi connectivity index (χ1) is 15.4. The second kappa shape index (κ2) is 11.9. The summed E-state index contributed by atoms with van der Waals surface area (Å²) in [6, 6.07) is 8.37. The molecule has 2 aromatic rings. The average molecular weight is 500 g/mol. The second-order valence-corrected chi connectivity index (χ2v) is 9.54. The summed E-state index contributed by atoms with van der Waals surface area (Å²) >= 11 is 1.24. The Morgan fingerprint density at radius 2 is 1.82 bits per heavy atom. The van der Waals surface area contributed by atoms with Crippen LogP contribution in [0.2, 0.25) is 0 Å². The molecule has 0 aliphatic carbocycles. The van der Waals surface area contributed by atoms with Crippen LogP contribution < -0.4 is 20.9 Å². The third kappa shape index (κ3) is 9.32. The van der Waals surface area contributed by atoms with E-state index in [0.29, 0.717) is 13.0 Å². The molecule has 1 amide bonds. The topological polar surface area (TPSA) is 160 Å². The Morgan fingerprint density at radius 3 is 2.36 bits per heavy atom. The number of benzene rings is 2. The van der Waals surface area contributed by atoms with E-state index in [1.54, 1.807) is 12.1 Å². The Balaban J connectivity index is 2.01. The van der Waals surface area contributed by atoms with E-state index in [1.165, 1.54) is 37.1 Å². The van der Waals surface area contributed by atoms with Gasteiger partial charge in [0.1, 0.15) is 5.75 Å². The van der Waals surface area contributed by atoms with Crippen LogP contribution >= 0.6 is 19.5 Å². The maximum atomic E-state index is 14.4. The number of rotatable bonds is 10. The maximum absolute atomic E-state index is 14.4. The fourth-order valence-corrected chi connectivity index (χ4v) is 3.72. The number of amides is 1. The minimum absolute atomic E-state index is 0.0827. The lowest BCUT2D eigenvalue weighted by Crippen LogP contribution is -2.24. The molecule has 0 saturated heterocycles. The van der Waals surface area contributed by atoms with Crippen molar-refractivity contribution in [3.05, 3.63) is 59.2 Å². The lowest BCUT2D eigenvalue weighted by atomic mass is 10.1. The number of nitrogens with zero attached hydrogens (tertiary/aromatic N) is 1. The van der Waals surface area contributed by atoms with Crippen LogP contribution in [0.5, 0.6) is 11.5 Å². The lowest BCUT2D eigenvalue weighted by molar-refractivity contribution is -0.114. The Morgan fingerprint density at radius 1 is 1.21 bits per heavy atom. The average Bonchev–Trinajstić information content (AvgIpc) is 2.70. The number of nitrogens with one attached hydrogen (secondary N) is 1. The molecular weight excluding hydrogens is 477 g/mol. The molecule has 33 heavy (non-hydrogen) atoms. The molecule has 0 saturated carbocycles. The third-order valence-electron chi connectivity index (χ3n) is 3.93. The number of hydrogen-bond acceptors (Lipinski definition) is 5. The summed E-state index contributed by atoms with van der Waals surface area (Å²) in [6.45, 7) is 1.80. The van der Waals surface area contributed by atoms with Crippen LogP contribution in [0.1, 0.15) is 18.9 Å². The fourth-order valence-electron chi connectivity index (χ4n) is 2.46. The van der Waals surface area contributed by atoms with Gasteiger partial charge in [-0.25, -0.2) is 8.78 Å². The molecule has 0 aromatic heterocycles. The van der Waals surface area contributed by atoms with E-state index in [2.05, 4.69) is 9.71 Å². The summed E-state index contributed by atoms with van der Waals surface area (Å²) in [5.41, 5.74) is 10.4. The quantitative estimate of drug-likeness (QED) is 0.0824. The summed E-state index contributed by atoms with van der Waals surface area (Å²) in [7, 11) is -4.01. The molecule has 178 valence electrons. The summed E-state index contributed by atoms with van der Waals surface area (Å²) < 4.78 is 48.0. The first kappa shape index (κ1) is 26.5. The number of halogens is 2. The van der Waals surface area contributed by atoms with Crippen LogP contribution in [0.25, 0.3) is 6.08 Å². The van der Waals surface area contributed by atoms with Crippen molar-refractivity contribution in [2.75, 3.05) is 12.7 Å². The molecule has 7 N–H and O–H groups in total. The zero-order chi connectivity index (χ0) is 24.6. The molecule has 0 aliphatic rings. The number of nitrogens with two attached hydrogens (primary N) is 2. The van der Waals surface area contributed by atoms with E-state index in [9.17, 15) is 18.1 Å². The summed E-state index contributed by atoms with van der Waals surface area (Å²) in [4.78, 5) is 33.5. The molecule has 2 aromatic carbocycles. The fraction of sp³-hybridized carbons (Fsp3) is 0.200. The zero-order valence-electron chi connectivity index (χ0n) is 17.5. The van der Waals surface area contributed by atoms with Crippen molar-refractivity contribution in [1.29, 1.82) is 0 Å². The van der Waals surface area contributed by atoms with Crippen LogP contribution in [0.15, 0.2) is 51.9 Å². The van der Waals surface area contributed by atoms with Gasteiger partial charge in [-0.15, -0.1) is 0 Å². The Hall–Kier alpha value is -2.76. The highest BCUT2D eigenvalue weighted by Crippen LogP contribution is 2.34. The molecule has 2 rings (SSSR count). The molecule has 0 fully saturated rings. The predicted octanol–water partition coefficient (Wildman–Crippen LogP) is 3.12. The number of aliphatic imine (C=N–C) groups is 1. The molecule has 0 spiro atoms. The number of ether oxygens (including phenoxy) is 1. The number of carbonyl (C=O) groups excluding carboxylic acids is 1. The van der Waals surface area contributed by atoms with Gasteiger partial charge in [0.25, 0.3) is 5.91 Å². The van der Waals surface area contributed by atoms with Gasteiger partial charge in [-0.3, -0.25) is 14.1 Å². The molecule has 9 nitrogen and oxygen atoms in total. The van der Waals surface area contributed by atoms with Gasteiger partial charge in [-0.1, -0.05) is 0 Å². The predicted molar refractivity (Wildman–Crippen MR) is 123 cm³/mol. The van der Waals surface area contributed by atoms with Crippen LogP contribution in [0.3, 0.4) is 0 Å². The molecule has 0 aliphatic heterocycles. The minimum atomic E-state index is -4.01. The Labute approximate surface area is 193 Å². The van der Waals surface area contributed by atoms with Gasteiger partial charge in [0.15, 0.2) is 23.3 Å². The zero-order valence-corrected chi connectivity index (χ0v) is 19.2.